The van der Waals surface area contributed by atoms with Crippen LogP contribution in [0.1, 0.15) is 6.42 Å². The number of carbonyl (C=O) groups excluding carboxylic acids is 1. The van der Waals surface area contributed by atoms with Gasteiger partial charge in [0.25, 0.3) is 0 Å². The second-order valence-corrected chi connectivity index (χ2v) is 5.27. The molecule has 1 fully saturated rings. The average Bonchev–Trinajstić information content (AvgIpc) is 2.77. The van der Waals surface area contributed by atoms with Gasteiger partial charge in [-0.15, -0.1) is 0 Å². The van der Waals surface area contributed by atoms with Crippen LogP contribution in [0.25, 0.3) is 0 Å². The molecule has 0 radical (unpaired) electrons. The molecule has 0 aromatic heterocycles. The number of anilines is 1. The summed E-state index contributed by atoms with van der Waals surface area (Å²) >= 11 is 3.35. The molecule has 0 N–H and O–H groups in total. The van der Waals surface area contributed by atoms with Crippen LogP contribution in [0.4, 0.5) is 18.9 Å². The van der Waals surface area contributed by atoms with Crippen molar-refractivity contribution in [2.24, 2.45) is 5.92 Å². The molecule has 3 nitrogen and oxygen atoms in total. The lowest BCUT2D eigenvalue weighted by atomic mass is 10.2. The molecule has 110 valence electrons. The van der Waals surface area contributed by atoms with Gasteiger partial charge in [-0.05, 0) is 30.2 Å². The molecule has 1 unspecified atom stereocenters. The summed E-state index contributed by atoms with van der Waals surface area (Å²) in [7, 11) is 0. The van der Waals surface area contributed by atoms with Crippen LogP contribution < -0.4 is 9.64 Å². The van der Waals surface area contributed by atoms with Crippen molar-refractivity contribution in [1.82, 2.24) is 0 Å². The van der Waals surface area contributed by atoms with E-state index < -0.39 is 12.8 Å². The van der Waals surface area contributed by atoms with E-state index in [0.29, 0.717) is 18.7 Å². The van der Waals surface area contributed by atoms with Gasteiger partial charge in [0.1, 0.15) is 5.75 Å². The zero-order valence-electron chi connectivity index (χ0n) is 10.5. The van der Waals surface area contributed by atoms with Gasteiger partial charge in [-0.2, -0.15) is 13.2 Å². The van der Waals surface area contributed by atoms with Gasteiger partial charge in [0.2, 0.25) is 5.91 Å². The van der Waals surface area contributed by atoms with Crippen LogP contribution in [-0.4, -0.2) is 30.6 Å². The Morgan fingerprint density at radius 2 is 1.95 bits per heavy atom. The Hall–Kier alpha value is -1.24. The number of benzene rings is 1. The maximum Gasteiger partial charge on any atom is 0.422 e. The van der Waals surface area contributed by atoms with E-state index in [4.69, 9.17) is 0 Å². The first-order chi connectivity index (χ1) is 9.39. The molecule has 1 aromatic carbocycles. The number of halogens is 4. The minimum Gasteiger partial charge on any atom is -0.484 e. The Kier molecular flexibility index (Phi) is 4.57. The number of rotatable bonds is 4. The summed E-state index contributed by atoms with van der Waals surface area (Å²) in [6.45, 7) is -0.701. The van der Waals surface area contributed by atoms with Crippen molar-refractivity contribution in [1.29, 1.82) is 0 Å². The van der Waals surface area contributed by atoms with E-state index in [-0.39, 0.29) is 17.6 Å². The van der Waals surface area contributed by atoms with Crippen LogP contribution in [-0.2, 0) is 4.79 Å². The summed E-state index contributed by atoms with van der Waals surface area (Å²) in [5.41, 5.74) is 0.679. The number of ether oxygens (including phenoxy) is 1. The van der Waals surface area contributed by atoms with Gasteiger partial charge in [0.05, 0.1) is 0 Å². The zero-order chi connectivity index (χ0) is 14.8. The second-order valence-electron chi connectivity index (χ2n) is 4.63. The lowest BCUT2D eigenvalue weighted by molar-refractivity contribution is -0.153. The molecule has 1 saturated heterocycles. The number of amides is 1. The highest BCUT2D eigenvalue weighted by Gasteiger charge is 2.30. The Labute approximate surface area is 122 Å². The Bertz CT molecular complexity index is 475. The maximum atomic E-state index is 12.0. The van der Waals surface area contributed by atoms with Crippen molar-refractivity contribution in [3.8, 4) is 5.75 Å². The Morgan fingerprint density at radius 1 is 1.30 bits per heavy atom. The van der Waals surface area contributed by atoms with E-state index in [0.717, 1.165) is 5.33 Å². The average molecular weight is 352 g/mol. The smallest absolute Gasteiger partial charge is 0.422 e. The molecule has 0 spiro atoms. The van der Waals surface area contributed by atoms with E-state index in [2.05, 4.69) is 20.7 Å². The molecule has 1 amide bonds. The Morgan fingerprint density at radius 3 is 2.45 bits per heavy atom. The van der Waals surface area contributed by atoms with Crippen LogP contribution in [0, 0.1) is 5.92 Å². The fourth-order valence-corrected chi connectivity index (χ4v) is 2.46. The maximum absolute atomic E-state index is 12.0. The molecule has 0 saturated carbocycles. The molecular formula is C13H13BrF3NO2. The van der Waals surface area contributed by atoms with Crippen LogP contribution in [0.15, 0.2) is 24.3 Å². The fourth-order valence-electron chi connectivity index (χ4n) is 2.02. The molecule has 1 aromatic rings. The monoisotopic (exact) mass is 351 g/mol. The minimum atomic E-state index is -4.35. The van der Waals surface area contributed by atoms with Gasteiger partial charge < -0.3 is 9.64 Å². The van der Waals surface area contributed by atoms with Crippen LogP contribution >= 0.6 is 15.9 Å². The van der Waals surface area contributed by atoms with Crippen molar-refractivity contribution in [2.75, 3.05) is 23.4 Å². The summed E-state index contributed by atoms with van der Waals surface area (Å²) < 4.78 is 40.7. The highest BCUT2D eigenvalue weighted by molar-refractivity contribution is 9.09. The van der Waals surface area contributed by atoms with Crippen molar-refractivity contribution < 1.29 is 22.7 Å². The molecule has 7 heteroatoms. The van der Waals surface area contributed by atoms with E-state index in [1.807, 2.05) is 0 Å². The normalized spacial score (nSPS) is 19.5. The molecule has 2 rings (SSSR count). The minimum absolute atomic E-state index is 0.0263. The van der Waals surface area contributed by atoms with Crippen LogP contribution in [0.2, 0.25) is 0 Å². The third kappa shape index (κ3) is 3.88. The van der Waals surface area contributed by atoms with Crippen molar-refractivity contribution >= 4 is 27.5 Å². The highest BCUT2D eigenvalue weighted by Crippen LogP contribution is 2.28. The number of hydrogen-bond donors (Lipinski definition) is 0. The summed E-state index contributed by atoms with van der Waals surface area (Å²) in [6.07, 6.45) is -3.87. The quantitative estimate of drug-likeness (QED) is 0.778. The predicted octanol–water partition coefficient (Wildman–Crippen LogP) is 3.38. The van der Waals surface area contributed by atoms with E-state index >= 15 is 0 Å². The molecule has 0 aliphatic carbocycles. The van der Waals surface area contributed by atoms with Crippen LogP contribution in [0.3, 0.4) is 0 Å². The molecule has 1 heterocycles. The first-order valence-corrected chi connectivity index (χ1v) is 7.17. The summed E-state index contributed by atoms with van der Waals surface area (Å²) in [5.74, 6) is 0.428. The number of hydrogen-bond acceptors (Lipinski definition) is 2. The molecule has 1 aliphatic heterocycles. The fraction of sp³-hybridized carbons (Fsp3) is 0.462. The van der Waals surface area contributed by atoms with Crippen molar-refractivity contribution in [3.63, 3.8) is 0 Å². The van der Waals surface area contributed by atoms with Gasteiger partial charge in [0.15, 0.2) is 6.61 Å². The third-order valence-corrected chi connectivity index (χ3v) is 3.89. The molecule has 0 bridgehead atoms. The summed E-state index contributed by atoms with van der Waals surface area (Å²) in [5, 5.41) is 0.752. The first kappa shape index (κ1) is 15.2. The molecule has 1 atom stereocenters. The van der Waals surface area contributed by atoms with Gasteiger partial charge in [-0.25, -0.2) is 0 Å². The van der Waals surface area contributed by atoms with E-state index in [1.54, 1.807) is 17.0 Å². The van der Waals surface area contributed by atoms with Gasteiger partial charge in [-0.3, -0.25) is 4.79 Å². The van der Waals surface area contributed by atoms with Crippen molar-refractivity contribution in [2.45, 2.75) is 12.6 Å². The number of carbonyl (C=O) groups is 1. The predicted molar refractivity (Wildman–Crippen MR) is 72.2 cm³/mol. The lowest BCUT2D eigenvalue weighted by Crippen LogP contribution is -2.24. The largest absolute Gasteiger partial charge is 0.484 e. The number of nitrogens with zero attached hydrogens (tertiary/aromatic N) is 1. The van der Waals surface area contributed by atoms with Crippen LogP contribution in [0.5, 0.6) is 5.75 Å². The molecule has 1 aliphatic rings. The van der Waals surface area contributed by atoms with Gasteiger partial charge in [-0.1, -0.05) is 15.9 Å². The number of alkyl halides is 4. The third-order valence-electron chi connectivity index (χ3n) is 2.97. The SMILES string of the molecule is O=C1CC(CBr)CN1c1ccc(OCC(F)(F)F)cc1. The topological polar surface area (TPSA) is 29.5 Å². The van der Waals surface area contributed by atoms with Gasteiger partial charge in [0, 0.05) is 24.0 Å². The summed E-state index contributed by atoms with van der Waals surface area (Å²) in [4.78, 5) is 13.4. The standard InChI is InChI=1S/C13H13BrF3NO2/c14-6-9-5-12(19)18(7-9)10-1-3-11(4-2-10)20-8-13(15,16)17/h1-4,9H,5-8H2. The zero-order valence-corrected chi connectivity index (χ0v) is 12.1. The van der Waals surface area contributed by atoms with Crippen molar-refractivity contribution in [3.05, 3.63) is 24.3 Å². The first-order valence-electron chi connectivity index (χ1n) is 6.05. The van der Waals surface area contributed by atoms with E-state index in [1.165, 1.54) is 12.1 Å². The Balaban J connectivity index is 2.00. The van der Waals surface area contributed by atoms with Gasteiger partial charge >= 0.3 is 6.18 Å². The molecular weight excluding hydrogens is 339 g/mol. The highest BCUT2D eigenvalue weighted by atomic mass is 79.9. The lowest BCUT2D eigenvalue weighted by Gasteiger charge is -2.17. The second kappa shape index (κ2) is 6.03. The summed E-state index contributed by atoms with van der Waals surface area (Å²) in [6, 6.07) is 6.08. The van der Waals surface area contributed by atoms with E-state index in [9.17, 15) is 18.0 Å². The molecule has 20 heavy (non-hydrogen) atoms.